The molecule has 11 heteroatoms. The fourth-order valence-electron chi connectivity index (χ4n) is 2.38. The lowest BCUT2D eigenvalue weighted by molar-refractivity contribution is -0.274. The lowest BCUT2D eigenvalue weighted by atomic mass is 10.2. The van der Waals surface area contributed by atoms with Crippen molar-refractivity contribution >= 4 is 5.91 Å². The number of carbonyl (C=O) groups excluding carboxylic acids is 1. The molecule has 3 rings (SSSR count). The standard InChI is InChI=1S/C18H13F4N3O4/c19-13-7-5-11(6-8-13)16-24-25(17(27)28-16)10-15(26)23-9-12-3-1-2-4-14(12)29-18(20,21)22/h1-8H,9-10H2,(H,23,26). The van der Waals surface area contributed by atoms with E-state index in [-0.39, 0.29) is 18.0 Å². The first kappa shape index (κ1) is 20.1. The summed E-state index contributed by atoms with van der Waals surface area (Å²) < 4.78 is 59.8. The second-order valence-corrected chi connectivity index (χ2v) is 5.77. The number of alkyl halides is 3. The Balaban J connectivity index is 1.65. The number of para-hydroxylation sites is 1. The third-order valence-corrected chi connectivity index (χ3v) is 3.67. The van der Waals surface area contributed by atoms with Crippen LogP contribution in [0, 0.1) is 5.82 Å². The van der Waals surface area contributed by atoms with Gasteiger partial charge < -0.3 is 14.5 Å². The van der Waals surface area contributed by atoms with Gasteiger partial charge in [0, 0.05) is 17.7 Å². The molecule has 7 nitrogen and oxygen atoms in total. The molecular formula is C18H13F4N3O4. The van der Waals surface area contributed by atoms with Crippen molar-refractivity contribution in [3.63, 3.8) is 0 Å². The van der Waals surface area contributed by atoms with Crippen LogP contribution < -0.4 is 15.8 Å². The minimum absolute atomic E-state index is 0.0951. The fraction of sp³-hybridized carbons (Fsp3) is 0.167. The molecule has 1 heterocycles. The highest BCUT2D eigenvalue weighted by atomic mass is 19.4. The van der Waals surface area contributed by atoms with Crippen LogP contribution in [-0.2, 0) is 17.9 Å². The van der Waals surface area contributed by atoms with Crippen LogP contribution in [0.2, 0.25) is 0 Å². The van der Waals surface area contributed by atoms with Crippen molar-refractivity contribution in [1.29, 1.82) is 0 Å². The number of halogens is 4. The van der Waals surface area contributed by atoms with Crippen LogP contribution in [0.4, 0.5) is 17.6 Å². The molecule has 0 aliphatic heterocycles. The second-order valence-electron chi connectivity index (χ2n) is 5.77. The number of amides is 1. The topological polar surface area (TPSA) is 86.4 Å². The summed E-state index contributed by atoms with van der Waals surface area (Å²) in [4.78, 5) is 23.9. The molecule has 0 aliphatic carbocycles. The van der Waals surface area contributed by atoms with Gasteiger partial charge in [-0.05, 0) is 30.3 Å². The van der Waals surface area contributed by atoms with E-state index in [0.717, 1.165) is 22.9 Å². The monoisotopic (exact) mass is 411 g/mol. The molecule has 152 valence electrons. The van der Waals surface area contributed by atoms with Crippen molar-refractivity contribution in [3.8, 4) is 17.2 Å². The van der Waals surface area contributed by atoms with E-state index in [1.165, 1.54) is 30.3 Å². The van der Waals surface area contributed by atoms with E-state index in [0.29, 0.717) is 5.56 Å². The molecule has 0 radical (unpaired) electrons. The molecule has 0 fully saturated rings. The summed E-state index contributed by atoms with van der Waals surface area (Å²) in [6.45, 7) is -0.783. The zero-order valence-corrected chi connectivity index (χ0v) is 14.6. The van der Waals surface area contributed by atoms with Crippen LogP contribution in [-0.4, -0.2) is 22.1 Å². The summed E-state index contributed by atoms with van der Waals surface area (Å²) in [6.07, 6.45) is -4.87. The SMILES string of the molecule is O=C(Cn1nc(-c2ccc(F)cc2)oc1=O)NCc1ccccc1OC(F)(F)F. The third-order valence-electron chi connectivity index (χ3n) is 3.67. The fourth-order valence-corrected chi connectivity index (χ4v) is 2.38. The molecule has 0 atom stereocenters. The highest BCUT2D eigenvalue weighted by Gasteiger charge is 2.32. The van der Waals surface area contributed by atoms with Gasteiger partial charge in [0.25, 0.3) is 0 Å². The second kappa shape index (κ2) is 8.17. The molecule has 0 spiro atoms. The van der Waals surface area contributed by atoms with Gasteiger partial charge in [0.2, 0.25) is 11.8 Å². The van der Waals surface area contributed by atoms with Crippen molar-refractivity contribution in [2.75, 3.05) is 0 Å². The Morgan fingerprint density at radius 3 is 2.52 bits per heavy atom. The summed E-state index contributed by atoms with van der Waals surface area (Å²) in [5.41, 5.74) is 0.429. The zero-order valence-electron chi connectivity index (χ0n) is 14.6. The van der Waals surface area contributed by atoms with Gasteiger partial charge in [-0.1, -0.05) is 18.2 Å². The Labute approximate surface area is 160 Å². The molecule has 0 unspecified atom stereocenters. The summed E-state index contributed by atoms with van der Waals surface area (Å²) in [6, 6.07) is 10.3. The number of ether oxygens (including phenoxy) is 1. The van der Waals surface area contributed by atoms with Crippen LogP contribution >= 0.6 is 0 Å². The Hall–Kier alpha value is -3.63. The maximum atomic E-state index is 13.0. The Morgan fingerprint density at radius 2 is 1.83 bits per heavy atom. The highest BCUT2D eigenvalue weighted by molar-refractivity contribution is 5.75. The summed E-state index contributed by atoms with van der Waals surface area (Å²) in [5.74, 6) is -2.64. The summed E-state index contributed by atoms with van der Waals surface area (Å²) in [5, 5.41) is 6.23. The predicted molar refractivity (Wildman–Crippen MR) is 91.1 cm³/mol. The Bertz CT molecular complexity index is 1060. The van der Waals surface area contributed by atoms with Crippen LogP contribution in [0.1, 0.15) is 5.56 Å². The molecule has 29 heavy (non-hydrogen) atoms. The average molecular weight is 411 g/mol. The van der Waals surface area contributed by atoms with Crippen LogP contribution in [0.5, 0.6) is 5.75 Å². The largest absolute Gasteiger partial charge is 0.573 e. The summed E-state index contributed by atoms with van der Waals surface area (Å²) in [7, 11) is 0. The van der Waals surface area contributed by atoms with Gasteiger partial charge in [-0.15, -0.1) is 18.3 Å². The molecule has 3 aromatic rings. The minimum Gasteiger partial charge on any atom is -0.405 e. The van der Waals surface area contributed by atoms with Gasteiger partial charge in [-0.3, -0.25) is 4.79 Å². The molecule has 1 N–H and O–H groups in total. The van der Waals surface area contributed by atoms with Gasteiger partial charge in [0.15, 0.2) is 0 Å². The van der Waals surface area contributed by atoms with Gasteiger partial charge in [0.05, 0.1) is 0 Å². The number of benzene rings is 2. The average Bonchev–Trinajstić information content (AvgIpc) is 3.01. The van der Waals surface area contributed by atoms with Crippen molar-refractivity contribution in [2.24, 2.45) is 0 Å². The number of carbonyl (C=O) groups is 1. The number of hydrogen-bond donors (Lipinski definition) is 1. The zero-order chi connectivity index (χ0) is 21.0. The maximum Gasteiger partial charge on any atom is 0.573 e. The van der Waals surface area contributed by atoms with E-state index in [4.69, 9.17) is 4.42 Å². The molecule has 2 aromatic carbocycles. The van der Waals surface area contributed by atoms with Gasteiger partial charge in [0.1, 0.15) is 18.1 Å². The van der Waals surface area contributed by atoms with Crippen molar-refractivity contribution < 1.29 is 31.5 Å². The van der Waals surface area contributed by atoms with Crippen LogP contribution in [0.3, 0.4) is 0 Å². The molecule has 0 aliphatic rings. The maximum absolute atomic E-state index is 13.0. The van der Waals surface area contributed by atoms with E-state index < -0.39 is 36.1 Å². The predicted octanol–water partition coefficient (Wildman–Crippen LogP) is 2.86. The lowest BCUT2D eigenvalue weighted by Crippen LogP contribution is -2.31. The van der Waals surface area contributed by atoms with Crippen LogP contribution in [0.25, 0.3) is 11.5 Å². The molecular weight excluding hydrogens is 398 g/mol. The van der Waals surface area contributed by atoms with E-state index in [1.54, 1.807) is 0 Å². The van der Waals surface area contributed by atoms with E-state index >= 15 is 0 Å². The smallest absolute Gasteiger partial charge is 0.405 e. The molecule has 0 saturated carbocycles. The molecule has 0 saturated heterocycles. The highest BCUT2D eigenvalue weighted by Crippen LogP contribution is 2.26. The van der Waals surface area contributed by atoms with Crippen molar-refractivity contribution in [1.82, 2.24) is 15.1 Å². The van der Waals surface area contributed by atoms with E-state index in [1.807, 2.05) is 0 Å². The first-order valence-corrected chi connectivity index (χ1v) is 8.15. The minimum atomic E-state index is -4.87. The molecule has 1 aromatic heterocycles. The van der Waals surface area contributed by atoms with Gasteiger partial charge >= 0.3 is 12.1 Å². The van der Waals surface area contributed by atoms with Crippen molar-refractivity contribution in [3.05, 3.63) is 70.5 Å². The third kappa shape index (κ3) is 5.43. The lowest BCUT2D eigenvalue weighted by Gasteiger charge is -2.13. The van der Waals surface area contributed by atoms with E-state index in [2.05, 4.69) is 15.2 Å². The van der Waals surface area contributed by atoms with Crippen molar-refractivity contribution in [2.45, 2.75) is 19.5 Å². The first-order chi connectivity index (χ1) is 13.7. The number of rotatable bonds is 6. The number of nitrogens with one attached hydrogen (secondary N) is 1. The van der Waals surface area contributed by atoms with Crippen LogP contribution in [0.15, 0.2) is 57.7 Å². The Kier molecular flexibility index (Phi) is 5.66. The normalized spacial score (nSPS) is 11.3. The summed E-state index contributed by atoms with van der Waals surface area (Å²) >= 11 is 0. The number of hydrogen-bond acceptors (Lipinski definition) is 5. The van der Waals surface area contributed by atoms with E-state index in [9.17, 15) is 27.2 Å². The molecule has 0 bridgehead atoms. The number of nitrogens with zero attached hydrogens (tertiary/aromatic N) is 2. The molecule has 1 amide bonds. The van der Waals surface area contributed by atoms with Gasteiger partial charge in [-0.2, -0.15) is 4.68 Å². The Morgan fingerprint density at radius 1 is 1.14 bits per heavy atom. The first-order valence-electron chi connectivity index (χ1n) is 8.15. The number of aromatic nitrogens is 2. The van der Waals surface area contributed by atoms with Gasteiger partial charge in [-0.25, -0.2) is 9.18 Å². The quantitative estimate of drug-likeness (QED) is 0.631.